The van der Waals surface area contributed by atoms with Crippen LogP contribution in [0.25, 0.3) is 0 Å². The van der Waals surface area contributed by atoms with Crippen LogP contribution in [-0.2, 0) is 11.3 Å². The lowest BCUT2D eigenvalue weighted by molar-refractivity contribution is 0.0547. The molecule has 3 nitrogen and oxygen atoms in total. The maximum atomic E-state index is 9.39. The lowest BCUT2D eigenvalue weighted by atomic mass is 10.0. The first-order chi connectivity index (χ1) is 8.25. The molecule has 1 aliphatic heterocycles. The monoisotopic (exact) mass is 299 g/mol. The molecule has 4 heteroatoms. The Morgan fingerprint density at radius 1 is 1.47 bits per heavy atom. The molecule has 1 aliphatic rings. The summed E-state index contributed by atoms with van der Waals surface area (Å²) >= 11 is 3.32. The van der Waals surface area contributed by atoms with Gasteiger partial charge in [-0.1, -0.05) is 6.07 Å². The Morgan fingerprint density at radius 2 is 2.35 bits per heavy atom. The zero-order valence-electron chi connectivity index (χ0n) is 9.79. The van der Waals surface area contributed by atoms with Gasteiger partial charge in [-0.3, -0.25) is 0 Å². The van der Waals surface area contributed by atoms with Crippen molar-refractivity contribution >= 4 is 15.9 Å². The summed E-state index contributed by atoms with van der Waals surface area (Å²) < 4.78 is 6.19. The van der Waals surface area contributed by atoms with Gasteiger partial charge in [0.1, 0.15) is 5.75 Å². The topological polar surface area (TPSA) is 41.5 Å². The smallest absolute Gasteiger partial charge is 0.129 e. The molecule has 1 saturated heterocycles. The van der Waals surface area contributed by atoms with E-state index < -0.39 is 0 Å². The number of hydrogen-bond donors (Lipinski definition) is 2. The lowest BCUT2D eigenvalue weighted by Gasteiger charge is -2.22. The Hall–Kier alpha value is -0.580. The van der Waals surface area contributed by atoms with E-state index in [1.807, 2.05) is 12.1 Å². The predicted octanol–water partition coefficient (Wildman–Crippen LogP) is 2.67. The van der Waals surface area contributed by atoms with E-state index in [4.69, 9.17) is 4.74 Å². The predicted molar refractivity (Wildman–Crippen MR) is 71.1 cm³/mol. The van der Waals surface area contributed by atoms with Gasteiger partial charge in [0.05, 0.1) is 11.1 Å². The molecule has 0 aliphatic carbocycles. The zero-order chi connectivity index (χ0) is 12.1. The Bertz CT molecular complexity index is 364. The van der Waals surface area contributed by atoms with Crippen LogP contribution in [0.3, 0.4) is 0 Å². The molecule has 1 unspecified atom stereocenters. The average molecular weight is 300 g/mol. The Balaban J connectivity index is 1.75. The summed E-state index contributed by atoms with van der Waals surface area (Å²) in [6, 6.07) is 5.59. The normalized spacial score (nSPS) is 20.4. The number of phenolic OH excluding ortho intramolecular Hbond substituents is 1. The largest absolute Gasteiger partial charge is 0.507 e. The minimum Gasteiger partial charge on any atom is -0.507 e. The number of rotatable bonds is 4. The summed E-state index contributed by atoms with van der Waals surface area (Å²) in [4.78, 5) is 0. The van der Waals surface area contributed by atoms with E-state index in [-0.39, 0.29) is 5.75 Å². The SMILES string of the molecule is Oc1ccc(CNCC2CCCOC2)cc1Br. The van der Waals surface area contributed by atoms with Crippen LogP contribution < -0.4 is 5.32 Å². The number of benzene rings is 1. The number of phenols is 1. The second-order valence-corrected chi connectivity index (χ2v) is 5.35. The molecular formula is C13H18BrNO2. The van der Waals surface area contributed by atoms with Crippen LogP contribution in [0.5, 0.6) is 5.75 Å². The molecule has 0 aromatic heterocycles. The standard InChI is InChI=1S/C13H18BrNO2/c14-12-6-10(3-4-13(12)16)7-15-8-11-2-1-5-17-9-11/h3-4,6,11,15-16H,1-2,5,7-9H2. The number of nitrogens with one attached hydrogen (secondary N) is 1. The van der Waals surface area contributed by atoms with E-state index in [9.17, 15) is 5.11 Å². The Labute approximate surface area is 110 Å². The van der Waals surface area contributed by atoms with Crippen molar-refractivity contribution in [1.82, 2.24) is 5.32 Å². The van der Waals surface area contributed by atoms with Gasteiger partial charge in [0.2, 0.25) is 0 Å². The van der Waals surface area contributed by atoms with Crippen molar-refractivity contribution in [2.45, 2.75) is 19.4 Å². The summed E-state index contributed by atoms with van der Waals surface area (Å²) in [6.45, 7) is 3.63. The number of aromatic hydroxyl groups is 1. The van der Waals surface area contributed by atoms with Crippen LogP contribution in [0.1, 0.15) is 18.4 Å². The molecule has 17 heavy (non-hydrogen) atoms. The van der Waals surface area contributed by atoms with Crippen molar-refractivity contribution < 1.29 is 9.84 Å². The molecule has 94 valence electrons. The van der Waals surface area contributed by atoms with Gasteiger partial charge in [-0.25, -0.2) is 0 Å². The van der Waals surface area contributed by atoms with Crippen LogP contribution >= 0.6 is 15.9 Å². The van der Waals surface area contributed by atoms with Crippen LogP contribution in [0.2, 0.25) is 0 Å². The molecule has 1 aromatic rings. The minimum atomic E-state index is 0.287. The Morgan fingerprint density at radius 3 is 3.06 bits per heavy atom. The van der Waals surface area contributed by atoms with Gasteiger partial charge in [0.15, 0.2) is 0 Å². The van der Waals surface area contributed by atoms with E-state index in [1.54, 1.807) is 6.07 Å². The quantitative estimate of drug-likeness (QED) is 0.898. The van der Waals surface area contributed by atoms with Crippen molar-refractivity contribution in [3.63, 3.8) is 0 Å². The van der Waals surface area contributed by atoms with Crippen molar-refractivity contribution in [3.8, 4) is 5.75 Å². The van der Waals surface area contributed by atoms with Crippen LogP contribution in [-0.4, -0.2) is 24.9 Å². The molecule has 1 heterocycles. The third kappa shape index (κ3) is 3.98. The van der Waals surface area contributed by atoms with Crippen molar-refractivity contribution in [1.29, 1.82) is 0 Å². The van der Waals surface area contributed by atoms with Crippen LogP contribution in [0.15, 0.2) is 22.7 Å². The van der Waals surface area contributed by atoms with Gasteiger partial charge in [-0.05, 0) is 52.4 Å². The molecule has 0 spiro atoms. The fraction of sp³-hybridized carbons (Fsp3) is 0.538. The first-order valence-electron chi connectivity index (χ1n) is 6.01. The molecule has 2 rings (SSSR count). The van der Waals surface area contributed by atoms with Gasteiger partial charge >= 0.3 is 0 Å². The first kappa shape index (κ1) is 12.9. The maximum Gasteiger partial charge on any atom is 0.129 e. The highest BCUT2D eigenvalue weighted by molar-refractivity contribution is 9.10. The summed E-state index contributed by atoms with van der Waals surface area (Å²) in [7, 11) is 0. The summed E-state index contributed by atoms with van der Waals surface area (Å²) in [6.07, 6.45) is 2.43. The van der Waals surface area contributed by atoms with Crippen molar-refractivity contribution in [3.05, 3.63) is 28.2 Å². The molecule has 0 amide bonds. The zero-order valence-corrected chi connectivity index (χ0v) is 11.4. The van der Waals surface area contributed by atoms with E-state index in [2.05, 4.69) is 21.2 Å². The average Bonchev–Trinajstić information content (AvgIpc) is 2.35. The van der Waals surface area contributed by atoms with Gasteiger partial charge in [0, 0.05) is 19.7 Å². The fourth-order valence-electron chi connectivity index (χ4n) is 2.05. The van der Waals surface area contributed by atoms with Crippen LogP contribution in [0.4, 0.5) is 0 Å². The molecule has 0 saturated carbocycles. The lowest BCUT2D eigenvalue weighted by Crippen LogP contribution is -2.28. The van der Waals surface area contributed by atoms with E-state index in [1.165, 1.54) is 18.4 Å². The second-order valence-electron chi connectivity index (χ2n) is 4.50. The second kappa shape index (κ2) is 6.38. The van der Waals surface area contributed by atoms with Crippen molar-refractivity contribution in [2.24, 2.45) is 5.92 Å². The molecular weight excluding hydrogens is 282 g/mol. The van der Waals surface area contributed by atoms with E-state index in [0.717, 1.165) is 30.8 Å². The summed E-state index contributed by atoms with van der Waals surface area (Å²) in [5.74, 6) is 0.929. The van der Waals surface area contributed by atoms with Crippen LogP contribution in [0, 0.1) is 5.92 Å². The number of ether oxygens (including phenoxy) is 1. The highest BCUT2D eigenvalue weighted by Crippen LogP contribution is 2.24. The summed E-state index contributed by atoms with van der Waals surface area (Å²) in [5, 5.41) is 12.8. The molecule has 1 aromatic carbocycles. The van der Waals surface area contributed by atoms with Crippen molar-refractivity contribution in [2.75, 3.05) is 19.8 Å². The number of hydrogen-bond acceptors (Lipinski definition) is 3. The third-order valence-electron chi connectivity index (χ3n) is 3.03. The van der Waals surface area contributed by atoms with Gasteiger partial charge in [-0.2, -0.15) is 0 Å². The third-order valence-corrected chi connectivity index (χ3v) is 3.66. The van der Waals surface area contributed by atoms with E-state index in [0.29, 0.717) is 5.92 Å². The Kier molecular flexibility index (Phi) is 4.83. The van der Waals surface area contributed by atoms with Gasteiger partial charge in [-0.15, -0.1) is 0 Å². The highest BCUT2D eigenvalue weighted by atomic mass is 79.9. The molecule has 2 N–H and O–H groups in total. The molecule has 0 radical (unpaired) electrons. The molecule has 0 bridgehead atoms. The highest BCUT2D eigenvalue weighted by Gasteiger charge is 2.12. The van der Waals surface area contributed by atoms with Gasteiger partial charge in [0.25, 0.3) is 0 Å². The first-order valence-corrected chi connectivity index (χ1v) is 6.81. The van der Waals surface area contributed by atoms with Gasteiger partial charge < -0.3 is 15.2 Å². The molecule has 1 atom stereocenters. The van der Waals surface area contributed by atoms with E-state index >= 15 is 0 Å². The number of halogens is 1. The molecule has 1 fully saturated rings. The summed E-state index contributed by atoms with van der Waals surface area (Å²) in [5.41, 5.74) is 1.17. The minimum absolute atomic E-state index is 0.287. The maximum absolute atomic E-state index is 9.39. The fourth-order valence-corrected chi connectivity index (χ4v) is 2.48.